The Morgan fingerprint density at radius 2 is 1.63 bits per heavy atom. The van der Waals surface area contributed by atoms with Crippen LogP contribution in [0.5, 0.6) is 0 Å². The van der Waals surface area contributed by atoms with E-state index in [1.165, 1.54) is 16.2 Å². The average Bonchev–Trinajstić information content (AvgIpc) is 3.06. The van der Waals surface area contributed by atoms with Gasteiger partial charge in [-0.05, 0) is 12.8 Å². The predicted molar refractivity (Wildman–Crippen MR) is 105 cm³/mol. The first-order valence-electron chi connectivity index (χ1n) is 9.54. The van der Waals surface area contributed by atoms with Crippen LogP contribution in [0.4, 0.5) is 10.6 Å². The molecule has 0 atom stereocenters. The average molecular weight is 379 g/mol. The standard InChI is InChI=1S/C18H29N5O4/c1-5-7-9-11-21-15-13(14(19-3)23(20-15)18(26)27-4)16(24)22(17(21)25)12-10-8-6-2/h19H,5-12H2,1-4H3. The molecule has 0 spiro atoms. The van der Waals surface area contributed by atoms with Gasteiger partial charge in [0.1, 0.15) is 5.39 Å². The molecule has 0 saturated heterocycles. The van der Waals surface area contributed by atoms with Gasteiger partial charge < -0.3 is 10.1 Å². The van der Waals surface area contributed by atoms with Gasteiger partial charge in [-0.15, -0.1) is 9.78 Å². The van der Waals surface area contributed by atoms with Crippen LogP contribution >= 0.6 is 0 Å². The highest BCUT2D eigenvalue weighted by molar-refractivity contribution is 5.92. The maximum atomic E-state index is 13.0. The fraction of sp³-hybridized carbons (Fsp3) is 0.667. The number of ether oxygens (including phenoxy) is 1. The van der Waals surface area contributed by atoms with Gasteiger partial charge in [0, 0.05) is 20.1 Å². The van der Waals surface area contributed by atoms with Gasteiger partial charge in [0.15, 0.2) is 11.5 Å². The SMILES string of the molecule is CCCCCn1c(=O)c2c(NC)n(C(=O)OC)nc2n(CCCCC)c1=O. The van der Waals surface area contributed by atoms with Gasteiger partial charge in [-0.25, -0.2) is 9.59 Å². The Labute approximate surface area is 157 Å². The zero-order valence-corrected chi connectivity index (χ0v) is 16.6. The van der Waals surface area contributed by atoms with E-state index in [0.717, 1.165) is 43.2 Å². The van der Waals surface area contributed by atoms with E-state index in [2.05, 4.69) is 24.3 Å². The molecule has 9 nitrogen and oxygen atoms in total. The number of aryl methyl sites for hydroxylation is 1. The van der Waals surface area contributed by atoms with Crippen molar-refractivity contribution in [3.05, 3.63) is 20.8 Å². The molecule has 0 bridgehead atoms. The molecule has 2 rings (SSSR count). The van der Waals surface area contributed by atoms with Gasteiger partial charge >= 0.3 is 11.8 Å². The minimum atomic E-state index is -0.722. The Morgan fingerprint density at radius 1 is 1.04 bits per heavy atom. The molecule has 0 aliphatic heterocycles. The molecule has 0 saturated carbocycles. The minimum absolute atomic E-state index is 0.211. The number of anilines is 1. The van der Waals surface area contributed by atoms with Gasteiger partial charge in [0.2, 0.25) is 0 Å². The molecule has 0 unspecified atom stereocenters. The number of unbranched alkanes of at least 4 members (excludes halogenated alkanes) is 4. The van der Waals surface area contributed by atoms with E-state index >= 15 is 0 Å². The van der Waals surface area contributed by atoms with Crippen molar-refractivity contribution >= 4 is 22.9 Å². The summed E-state index contributed by atoms with van der Waals surface area (Å²) < 4.78 is 8.51. The van der Waals surface area contributed by atoms with Crippen molar-refractivity contribution in [3.63, 3.8) is 0 Å². The highest BCUT2D eigenvalue weighted by Gasteiger charge is 2.24. The Bertz CT molecular complexity index is 909. The quantitative estimate of drug-likeness (QED) is 0.672. The van der Waals surface area contributed by atoms with Crippen LogP contribution in [-0.4, -0.2) is 39.2 Å². The Balaban J connectivity index is 2.74. The third-order valence-corrected chi connectivity index (χ3v) is 4.60. The van der Waals surface area contributed by atoms with E-state index in [0.29, 0.717) is 13.1 Å². The van der Waals surface area contributed by atoms with Crippen LogP contribution < -0.4 is 16.6 Å². The number of methoxy groups -OCH3 is 1. The monoisotopic (exact) mass is 379 g/mol. The first-order valence-corrected chi connectivity index (χ1v) is 9.54. The van der Waals surface area contributed by atoms with Crippen LogP contribution in [-0.2, 0) is 17.8 Å². The van der Waals surface area contributed by atoms with Crippen LogP contribution in [0.15, 0.2) is 9.59 Å². The number of carbonyl (C=O) groups is 1. The highest BCUT2D eigenvalue weighted by Crippen LogP contribution is 2.19. The molecule has 150 valence electrons. The second kappa shape index (κ2) is 9.38. The Hall–Kier alpha value is -2.58. The molecule has 0 aliphatic carbocycles. The molecular formula is C18H29N5O4. The molecule has 0 fully saturated rings. The number of nitrogens with one attached hydrogen (secondary N) is 1. The van der Waals surface area contributed by atoms with E-state index in [9.17, 15) is 14.4 Å². The van der Waals surface area contributed by atoms with Crippen molar-refractivity contribution in [2.24, 2.45) is 0 Å². The molecule has 2 aromatic rings. The number of hydrogen-bond acceptors (Lipinski definition) is 6. The van der Waals surface area contributed by atoms with Crippen molar-refractivity contribution in [3.8, 4) is 0 Å². The van der Waals surface area contributed by atoms with E-state index in [-0.39, 0.29) is 22.5 Å². The molecule has 2 aromatic heterocycles. The van der Waals surface area contributed by atoms with Gasteiger partial charge in [-0.3, -0.25) is 13.9 Å². The van der Waals surface area contributed by atoms with Crippen LogP contribution in [0.1, 0.15) is 52.4 Å². The van der Waals surface area contributed by atoms with Gasteiger partial charge in [-0.2, -0.15) is 0 Å². The van der Waals surface area contributed by atoms with E-state index in [1.54, 1.807) is 7.05 Å². The predicted octanol–water partition coefficient (Wildman–Crippen LogP) is 2.40. The summed E-state index contributed by atoms with van der Waals surface area (Å²) >= 11 is 0. The third kappa shape index (κ3) is 4.06. The van der Waals surface area contributed by atoms with Crippen molar-refractivity contribution in [2.45, 2.75) is 65.5 Å². The van der Waals surface area contributed by atoms with E-state index in [1.807, 2.05) is 0 Å². The molecule has 0 radical (unpaired) electrons. The van der Waals surface area contributed by atoms with Crippen molar-refractivity contribution in [1.29, 1.82) is 0 Å². The zero-order valence-electron chi connectivity index (χ0n) is 16.6. The fourth-order valence-electron chi connectivity index (χ4n) is 3.14. The van der Waals surface area contributed by atoms with Gasteiger partial charge in [0.05, 0.1) is 7.11 Å². The lowest BCUT2D eigenvalue weighted by Crippen LogP contribution is -2.40. The number of nitrogens with zero attached hydrogens (tertiary/aromatic N) is 4. The molecule has 0 amide bonds. The number of hydrogen-bond donors (Lipinski definition) is 1. The first-order chi connectivity index (χ1) is 13.0. The van der Waals surface area contributed by atoms with Crippen molar-refractivity contribution < 1.29 is 9.53 Å². The number of aromatic nitrogens is 4. The van der Waals surface area contributed by atoms with Crippen molar-refractivity contribution in [2.75, 3.05) is 19.5 Å². The lowest BCUT2D eigenvalue weighted by molar-refractivity contribution is 0.170. The zero-order chi connectivity index (χ0) is 20.0. The van der Waals surface area contributed by atoms with E-state index < -0.39 is 11.7 Å². The van der Waals surface area contributed by atoms with E-state index in [4.69, 9.17) is 4.74 Å². The maximum absolute atomic E-state index is 13.0. The number of fused-ring (bicyclic) bond motifs is 1. The van der Waals surface area contributed by atoms with Crippen LogP contribution in [0.2, 0.25) is 0 Å². The highest BCUT2D eigenvalue weighted by atomic mass is 16.5. The summed E-state index contributed by atoms with van der Waals surface area (Å²) in [6, 6.07) is 0. The molecule has 9 heteroatoms. The number of rotatable bonds is 9. The maximum Gasteiger partial charge on any atom is 0.436 e. The van der Waals surface area contributed by atoms with Gasteiger partial charge in [-0.1, -0.05) is 39.5 Å². The molecule has 27 heavy (non-hydrogen) atoms. The van der Waals surface area contributed by atoms with Crippen LogP contribution in [0, 0.1) is 0 Å². The van der Waals surface area contributed by atoms with Crippen LogP contribution in [0.25, 0.3) is 11.0 Å². The molecular weight excluding hydrogens is 350 g/mol. The summed E-state index contributed by atoms with van der Waals surface area (Å²) in [6.45, 7) is 4.93. The summed E-state index contributed by atoms with van der Waals surface area (Å²) in [5.74, 6) is 0.232. The molecule has 0 aromatic carbocycles. The second-order valence-corrected chi connectivity index (χ2v) is 6.48. The fourth-order valence-corrected chi connectivity index (χ4v) is 3.14. The summed E-state index contributed by atoms with van der Waals surface area (Å²) in [5, 5.41) is 7.31. The molecule has 1 N–H and O–H groups in total. The van der Waals surface area contributed by atoms with Crippen LogP contribution in [0.3, 0.4) is 0 Å². The summed E-state index contributed by atoms with van der Waals surface area (Å²) in [4.78, 5) is 38.1. The Kier molecular flexibility index (Phi) is 7.20. The summed E-state index contributed by atoms with van der Waals surface area (Å²) in [5.41, 5.74) is -0.600. The largest absolute Gasteiger partial charge is 0.451 e. The normalized spacial score (nSPS) is 11.1. The molecule has 2 heterocycles. The lowest BCUT2D eigenvalue weighted by Gasteiger charge is -2.11. The third-order valence-electron chi connectivity index (χ3n) is 4.60. The topological polar surface area (TPSA) is 100 Å². The summed E-state index contributed by atoms with van der Waals surface area (Å²) in [7, 11) is 2.84. The first kappa shape index (κ1) is 20.7. The molecule has 0 aliphatic rings. The number of carbonyl (C=O) groups excluding carboxylic acids is 1. The van der Waals surface area contributed by atoms with Crippen molar-refractivity contribution in [1.82, 2.24) is 18.9 Å². The smallest absolute Gasteiger partial charge is 0.436 e. The van der Waals surface area contributed by atoms with Gasteiger partial charge in [0.25, 0.3) is 5.56 Å². The lowest BCUT2D eigenvalue weighted by atomic mass is 10.2. The Morgan fingerprint density at radius 3 is 2.15 bits per heavy atom. The summed E-state index contributed by atoms with van der Waals surface area (Å²) in [6.07, 6.45) is 4.69. The minimum Gasteiger partial charge on any atom is -0.451 e. The second-order valence-electron chi connectivity index (χ2n) is 6.48.